The highest BCUT2D eigenvalue weighted by molar-refractivity contribution is 5.19. The van der Waals surface area contributed by atoms with Crippen LogP contribution in [0.5, 0.6) is 0 Å². The lowest BCUT2D eigenvalue weighted by Gasteiger charge is -2.19. The number of hydrogen-bond donors (Lipinski definition) is 1. The minimum atomic E-state index is -0.709. The van der Waals surface area contributed by atoms with E-state index < -0.39 is 12.2 Å². The Kier molecular flexibility index (Phi) is 5.04. The average molecular weight is 208 g/mol. The Balaban J connectivity index is 2.64. The number of methoxy groups -OCH3 is 1. The summed E-state index contributed by atoms with van der Waals surface area (Å²) < 4.78 is 10.0. The molecular formula is C12H16O3. The van der Waals surface area contributed by atoms with Gasteiger partial charge in [0.1, 0.15) is 19.0 Å². The third kappa shape index (κ3) is 3.47. The molecule has 0 amide bonds. The van der Waals surface area contributed by atoms with Crippen molar-refractivity contribution in [3.63, 3.8) is 0 Å². The summed E-state index contributed by atoms with van der Waals surface area (Å²) >= 11 is 0. The summed E-state index contributed by atoms with van der Waals surface area (Å²) in [6, 6.07) is 9.33. The van der Waals surface area contributed by atoms with Crippen LogP contribution in [0.4, 0.5) is 0 Å². The molecule has 2 atom stereocenters. The second-order valence-corrected chi connectivity index (χ2v) is 3.13. The van der Waals surface area contributed by atoms with Crippen molar-refractivity contribution in [3.05, 3.63) is 48.6 Å². The van der Waals surface area contributed by atoms with Crippen molar-refractivity contribution >= 4 is 0 Å². The summed E-state index contributed by atoms with van der Waals surface area (Å²) in [6.45, 7) is 3.76. The molecule has 1 rings (SSSR count). The van der Waals surface area contributed by atoms with E-state index in [1.807, 2.05) is 30.3 Å². The third-order valence-electron chi connectivity index (χ3n) is 2.06. The maximum atomic E-state index is 9.96. The molecule has 0 aliphatic heterocycles. The molecule has 1 N–H and O–H groups in total. The van der Waals surface area contributed by atoms with Gasteiger partial charge in [0, 0.05) is 7.11 Å². The quantitative estimate of drug-likeness (QED) is 0.573. The van der Waals surface area contributed by atoms with Gasteiger partial charge in [-0.05, 0) is 5.56 Å². The van der Waals surface area contributed by atoms with Crippen LogP contribution in [-0.4, -0.2) is 25.1 Å². The van der Waals surface area contributed by atoms with Gasteiger partial charge in [0.05, 0.1) is 0 Å². The molecule has 0 aromatic heterocycles. The molecule has 2 unspecified atom stereocenters. The number of aliphatic hydroxyl groups excluding tert-OH is 1. The van der Waals surface area contributed by atoms with Crippen LogP contribution < -0.4 is 0 Å². The fourth-order valence-electron chi connectivity index (χ4n) is 1.27. The van der Waals surface area contributed by atoms with Gasteiger partial charge in [-0.3, -0.25) is 0 Å². The maximum Gasteiger partial charge on any atom is 0.147 e. The largest absolute Gasteiger partial charge is 0.385 e. The van der Waals surface area contributed by atoms with E-state index in [1.165, 1.54) is 7.11 Å². The predicted molar refractivity (Wildman–Crippen MR) is 58.3 cm³/mol. The van der Waals surface area contributed by atoms with Gasteiger partial charge in [0.2, 0.25) is 0 Å². The summed E-state index contributed by atoms with van der Waals surface area (Å²) in [7, 11) is 1.54. The fourth-order valence-corrected chi connectivity index (χ4v) is 1.27. The average Bonchev–Trinajstić information content (AvgIpc) is 2.31. The Labute approximate surface area is 90.0 Å². The van der Waals surface area contributed by atoms with Crippen molar-refractivity contribution in [2.75, 3.05) is 13.9 Å². The van der Waals surface area contributed by atoms with E-state index in [1.54, 1.807) is 6.08 Å². The lowest BCUT2D eigenvalue weighted by Crippen LogP contribution is -2.20. The molecule has 3 nitrogen and oxygen atoms in total. The van der Waals surface area contributed by atoms with Crippen molar-refractivity contribution < 1.29 is 14.6 Å². The van der Waals surface area contributed by atoms with E-state index in [0.29, 0.717) is 0 Å². The van der Waals surface area contributed by atoms with Crippen LogP contribution in [0.2, 0.25) is 0 Å². The van der Waals surface area contributed by atoms with Crippen LogP contribution in [0.25, 0.3) is 0 Å². The molecule has 0 aliphatic rings. The second kappa shape index (κ2) is 6.35. The van der Waals surface area contributed by atoms with Crippen molar-refractivity contribution in [3.8, 4) is 0 Å². The van der Waals surface area contributed by atoms with Gasteiger partial charge < -0.3 is 14.6 Å². The van der Waals surface area contributed by atoms with Gasteiger partial charge in [0.15, 0.2) is 0 Å². The lowest BCUT2D eigenvalue weighted by atomic mass is 10.0. The summed E-state index contributed by atoms with van der Waals surface area (Å²) in [5, 5.41) is 9.96. The van der Waals surface area contributed by atoms with Gasteiger partial charge in [-0.2, -0.15) is 0 Å². The van der Waals surface area contributed by atoms with Gasteiger partial charge in [-0.15, -0.1) is 6.58 Å². The first-order valence-corrected chi connectivity index (χ1v) is 4.75. The van der Waals surface area contributed by atoms with Crippen LogP contribution in [0.1, 0.15) is 11.7 Å². The van der Waals surface area contributed by atoms with E-state index in [4.69, 9.17) is 9.47 Å². The van der Waals surface area contributed by atoms with Gasteiger partial charge in [-0.1, -0.05) is 36.4 Å². The third-order valence-corrected chi connectivity index (χ3v) is 2.06. The van der Waals surface area contributed by atoms with E-state index in [2.05, 4.69) is 6.58 Å². The normalized spacial score (nSPS) is 14.5. The van der Waals surface area contributed by atoms with Crippen LogP contribution in [0.3, 0.4) is 0 Å². The zero-order chi connectivity index (χ0) is 11.1. The van der Waals surface area contributed by atoms with Gasteiger partial charge in [0.25, 0.3) is 0 Å². The van der Waals surface area contributed by atoms with Crippen LogP contribution in [0, 0.1) is 0 Å². The highest BCUT2D eigenvalue weighted by Gasteiger charge is 2.17. The van der Waals surface area contributed by atoms with Gasteiger partial charge in [-0.25, -0.2) is 0 Å². The zero-order valence-electron chi connectivity index (χ0n) is 8.80. The van der Waals surface area contributed by atoms with Crippen molar-refractivity contribution in [2.45, 2.75) is 12.2 Å². The second-order valence-electron chi connectivity index (χ2n) is 3.13. The number of hydrogen-bond acceptors (Lipinski definition) is 3. The van der Waals surface area contributed by atoms with Crippen molar-refractivity contribution in [1.82, 2.24) is 0 Å². The van der Waals surface area contributed by atoms with Crippen LogP contribution >= 0.6 is 0 Å². The molecule has 0 spiro atoms. The van der Waals surface area contributed by atoms with Crippen LogP contribution in [0.15, 0.2) is 43.0 Å². The SMILES string of the molecule is C=CC(OCOC)C(O)c1ccccc1. The molecular weight excluding hydrogens is 192 g/mol. The van der Waals surface area contributed by atoms with E-state index in [0.717, 1.165) is 5.56 Å². The smallest absolute Gasteiger partial charge is 0.147 e. The lowest BCUT2D eigenvalue weighted by molar-refractivity contribution is -0.0940. The maximum absolute atomic E-state index is 9.96. The molecule has 82 valence electrons. The Morgan fingerprint density at radius 2 is 2.07 bits per heavy atom. The fraction of sp³-hybridized carbons (Fsp3) is 0.333. The molecule has 15 heavy (non-hydrogen) atoms. The minimum Gasteiger partial charge on any atom is -0.385 e. The molecule has 1 aromatic carbocycles. The summed E-state index contributed by atoms with van der Waals surface area (Å²) in [4.78, 5) is 0. The first-order valence-electron chi connectivity index (χ1n) is 4.75. The Hall–Kier alpha value is -1.16. The molecule has 0 fully saturated rings. The molecule has 0 saturated heterocycles. The van der Waals surface area contributed by atoms with Crippen LogP contribution in [-0.2, 0) is 9.47 Å². The topological polar surface area (TPSA) is 38.7 Å². The Morgan fingerprint density at radius 1 is 1.40 bits per heavy atom. The number of rotatable bonds is 6. The van der Waals surface area contributed by atoms with E-state index >= 15 is 0 Å². The molecule has 3 heteroatoms. The van der Waals surface area contributed by atoms with Gasteiger partial charge >= 0.3 is 0 Å². The summed E-state index contributed by atoms with van der Waals surface area (Å²) in [5.74, 6) is 0. The molecule has 0 aliphatic carbocycles. The molecule has 0 bridgehead atoms. The summed E-state index contributed by atoms with van der Waals surface area (Å²) in [5.41, 5.74) is 0.804. The van der Waals surface area contributed by atoms with Crippen molar-refractivity contribution in [1.29, 1.82) is 0 Å². The number of ether oxygens (including phenoxy) is 2. The predicted octanol–water partition coefficient (Wildman–Crippen LogP) is 1.90. The highest BCUT2D eigenvalue weighted by atomic mass is 16.7. The highest BCUT2D eigenvalue weighted by Crippen LogP contribution is 2.19. The molecule has 0 radical (unpaired) electrons. The summed E-state index contributed by atoms with van der Waals surface area (Å²) in [6.07, 6.45) is 0.405. The number of aliphatic hydroxyl groups is 1. The first-order chi connectivity index (χ1) is 7.29. The van der Waals surface area contributed by atoms with Crippen molar-refractivity contribution in [2.24, 2.45) is 0 Å². The monoisotopic (exact) mass is 208 g/mol. The molecule has 0 saturated carbocycles. The van der Waals surface area contributed by atoms with E-state index in [-0.39, 0.29) is 6.79 Å². The zero-order valence-corrected chi connectivity index (χ0v) is 8.80. The molecule has 1 aromatic rings. The molecule has 0 heterocycles. The minimum absolute atomic E-state index is 0.139. The standard InChI is InChI=1S/C12H16O3/c1-3-11(15-9-14-2)12(13)10-7-5-4-6-8-10/h3-8,11-13H,1,9H2,2H3. The Bertz CT molecular complexity index is 284. The Morgan fingerprint density at radius 3 is 2.60 bits per heavy atom. The van der Waals surface area contributed by atoms with E-state index in [9.17, 15) is 5.11 Å². The number of benzene rings is 1. The first kappa shape index (κ1) is 11.9.